The van der Waals surface area contributed by atoms with Gasteiger partial charge in [0.1, 0.15) is 0 Å². The van der Waals surface area contributed by atoms with Crippen molar-refractivity contribution in [2.75, 3.05) is 0 Å². The summed E-state index contributed by atoms with van der Waals surface area (Å²) in [6, 6.07) is 26.6. The first-order valence-electron chi connectivity index (χ1n) is 12.0. The van der Waals surface area contributed by atoms with Crippen molar-refractivity contribution in [3.8, 4) is 22.5 Å². The molecule has 0 fully saturated rings. The lowest BCUT2D eigenvalue weighted by Crippen LogP contribution is -2.29. The molecule has 0 aliphatic rings. The molecule has 0 aliphatic heterocycles. The van der Waals surface area contributed by atoms with Gasteiger partial charge in [-0.15, -0.1) is 0 Å². The van der Waals surface area contributed by atoms with E-state index < -0.39 is 0 Å². The van der Waals surface area contributed by atoms with Gasteiger partial charge in [0.25, 0.3) is 0 Å². The van der Waals surface area contributed by atoms with Gasteiger partial charge in [-0.1, -0.05) is 58.4 Å². The van der Waals surface area contributed by atoms with Crippen molar-refractivity contribution in [3.05, 3.63) is 109 Å². The van der Waals surface area contributed by atoms with Gasteiger partial charge in [-0.05, 0) is 47.9 Å². The lowest BCUT2D eigenvalue weighted by Gasteiger charge is -2.03. The van der Waals surface area contributed by atoms with E-state index in [9.17, 15) is 0 Å². The van der Waals surface area contributed by atoms with E-state index in [4.69, 9.17) is 0 Å². The van der Waals surface area contributed by atoms with Crippen LogP contribution < -0.4 is 9.13 Å². The predicted octanol–water partition coefficient (Wildman–Crippen LogP) is 7.23. The average Bonchev–Trinajstić information content (AvgIpc) is 2.87. The highest BCUT2D eigenvalue weighted by molar-refractivity contribution is 5.61. The molecule has 0 aliphatic carbocycles. The van der Waals surface area contributed by atoms with Gasteiger partial charge < -0.3 is 0 Å². The van der Waals surface area contributed by atoms with E-state index in [1.54, 1.807) is 0 Å². The lowest BCUT2D eigenvalue weighted by atomic mass is 10.1. The van der Waals surface area contributed by atoms with Crippen LogP contribution in [0.1, 0.15) is 58.1 Å². The highest BCUT2D eigenvalue weighted by Crippen LogP contribution is 2.17. The molecule has 0 saturated heterocycles. The summed E-state index contributed by atoms with van der Waals surface area (Å²) in [4.78, 5) is 0. The maximum Gasteiger partial charge on any atom is 0.210 e. The first-order valence-corrected chi connectivity index (χ1v) is 12.0. The minimum Gasteiger partial charge on any atom is -0.167 e. The zero-order valence-corrected chi connectivity index (χ0v) is 19.4. The van der Waals surface area contributed by atoms with Crippen molar-refractivity contribution in [2.45, 2.75) is 59.8 Å². The first kappa shape index (κ1) is 24.4. The standard InChI is InChI=1S/C30H34N2.CH4/c1-3-5-7-25-9-13-29(14-10-25)31-21-17-27(18-22-31)28-19-23-32(24-20-28)30-15-11-26(12-16-30)8-6-4-2;/h9-24H,3-8H2,1-2H3;1H4/q+2;. The van der Waals surface area contributed by atoms with Crippen LogP contribution in [0.5, 0.6) is 0 Å². The van der Waals surface area contributed by atoms with E-state index in [0.29, 0.717) is 0 Å². The van der Waals surface area contributed by atoms with Crippen LogP contribution in [0.15, 0.2) is 97.6 Å². The third kappa shape index (κ3) is 6.38. The fraction of sp³-hybridized carbons (Fsp3) is 0.290. The van der Waals surface area contributed by atoms with Gasteiger partial charge in [0.15, 0.2) is 24.8 Å². The number of unbranched alkanes of at least 4 members (excludes halogenated alkanes) is 2. The summed E-state index contributed by atoms with van der Waals surface area (Å²) in [6.45, 7) is 4.48. The molecular weight excluding hydrogens is 400 g/mol. The Labute approximate surface area is 200 Å². The quantitative estimate of drug-likeness (QED) is 0.244. The molecule has 2 nitrogen and oxygen atoms in total. The van der Waals surface area contributed by atoms with Gasteiger partial charge in [-0.25, -0.2) is 0 Å². The Balaban J connectivity index is 0.00000306. The molecule has 0 unspecified atom stereocenters. The van der Waals surface area contributed by atoms with Gasteiger partial charge in [-0.3, -0.25) is 0 Å². The minimum atomic E-state index is 0. The Morgan fingerprint density at radius 1 is 0.485 bits per heavy atom. The smallest absolute Gasteiger partial charge is 0.167 e. The van der Waals surface area contributed by atoms with E-state index in [-0.39, 0.29) is 7.43 Å². The van der Waals surface area contributed by atoms with E-state index in [1.807, 2.05) is 0 Å². The van der Waals surface area contributed by atoms with Gasteiger partial charge in [-0.2, -0.15) is 9.13 Å². The highest BCUT2D eigenvalue weighted by atomic mass is 14.9. The van der Waals surface area contributed by atoms with Crippen molar-refractivity contribution in [3.63, 3.8) is 0 Å². The largest absolute Gasteiger partial charge is 0.210 e. The maximum atomic E-state index is 2.25. The average molecular weight is 439 g/mol. The molecule has 0 radical (unpaired) electrons. The number of rotatable bonds is 9. The van der Waals surface area contributed by atoms with Crippen LogP contribution in [0, 0.1) is 0 Å². The van der Waals surface area contributed by atoms with Crippen LogP contribution in [0.25, 0.3) is 22.5 Å². The Bertz CT molecular complexity index is 1000. The van der Waals surface area contributed by atoms with Gasteiger partial charge >= 0.3 is 0 Å². The van der Waals surface area contributed by atoms with E-state index in [0.717, 1.165) is 12.8 Å². The number of hydrogen-bond donors (Lipinski definition) is 0. The van der Waals surface area contributed by atoms with E-state index in [2.05, 4.69) is 121 Å². The third-order valence-corrected chi connectivity index (χ3v) is 6.10. The summed E-state index contributed by atoms with van der Waals surface area (Å²) in [5.41, 5.74) is 7.68. The number of aromatic nitrogens is 2. The molecule has 0 N–H and O–H groups in total. The van der Waals surface area contributed by atoms with Crippen LogP contribution in [-0.4, -0.2) is 0 Å². The van der Waals surface area contributed by atoms with Crippen LogP contribution in [0.2, 0.25) is 0 Å². The molecule has 2 heterocycles. The topological polar surface area (TPSA) is 7.76 Å². The molecule has 0 spiro atoms. The van der Waals surface area contributed by atoms with Crippen LogP contribution in [0.4, 0.5) is 0 Å². The zero-order chi connectivity index (χ0) is 22.2. The normalized spacial score (nSPS) is 10.6. The number of nitrogens with zero attached hydrogens (tertiary/aromatic N) is 2. The summed E-state index contributed by atoms with van der Waals surface area (Å²) in [5.74, 6) is 0. The molecule has 4 rings (SSSR count). The lowest BCUT2D eigenvalue weighted by molar-refractivity contribution is -0.596. The molecule has 2 aromatic heterocycles. The van der Waals surface area contributed by atoms with Gasteiger partial charge in [0.2, 0.25) is 11.4 Å². The number of pyridine rings is 2. The maximum absolute atomic E-state index is 2.25. The second-order valence-electron chi connectivity index (χ2n) is 8.53. The fourth-order valence-corrected chi connectivity index (χ4v) is 4.01. The van der Waals surface area contributed by atoms with Crippen LogP contribution in [0.3, 0.4) is 0 Å². The summed E-state index contributed by atoms with van der Waals surface area (Å²) in [6.07, 6.45) is 15.9. The Kier molecular flexibility index (Phi) is 8.95. The highest BCUT2D eigenvalue weighted by Gasteiger charge is 2.10. The Hall–Kier alpha value is -3.26. The zero-order valence-electron chi connectivity index (χ0n) is 19.4. The second-order valence-corrected chi connectivity index (χ2v) is 8.53. The molecule has 0 amide bonds. The third-order valence-electron chi connectivity index (χ3n) is 6.10. The molecule has 0 saturated carbocycles. The molecule has 0 bridgehead atoms. The number of benzene rings is 2. The van der Waals surface area contributed by atoms with E-state index in [1.165, 1.54) is 59.3 Å². The molecule has 170 valence electrons. The SMILES string of the molecule is C.CCCCc1ccc(-[n+]2ccc(-c3cc[n+](-c4ccc(CCCC)cc4)cc3)cc2)cc1. The Morgan fingerprint density at radius 3 is 1.12 bits per heavy atom. The summed E-state index contributed by atoms with van der Waals surface area (Å²) in [7, 11) is 0. The summed E-state index contributed by atoms with van der Waals surface area (Å²) in [5, 5.41) is 0. The molecule has 0 atom stereocenters. The monoisotopic (exact) mass is 438 g/mol. The van der Waals surface area contributed by atoms with Crippen molar-refractivity contribution in [1.82, 2.24) is 0 Å². The first-order chi connectivity index (χ1) is 15.8. The van der Waals surface area contributed by atoms with Gasteiger partial charge in [0.05, 0.1) is 0 Å². The van der Waals surface area contributed by atoms with Crippen molar-refractivity contribution >= 4 is 0 Å². The number of hydrogen-bond acceptors (Lipinski definition) is 0. The fourth-order valence-electron chi connectivity index (χ4n) is 4.01. The van der Waals surface area contributed by atoms with Crippen molar-refractivity contribution in [2.24, 2.45) is 0 Å². The molecule has 4 aromatic rings. The van der Waals surface area contributed by atoms with Crippen molar-refractivity contribution < 1.29 is 9.13 Å². The van der Waals surface area contributed by atoms with Crippen LogP contribution in [-0.2, 0) is 12.8 Å². The molecule has 33 heavy (non-hydrogen) atoms. The second kappa shape index (κ2) is 12.1. The summed E-state index contributed by atoms with van der Waals surface area (Å²) >= 11 is 0. The van der Waals surface area contributed by atoms with Crippen LogP contribution >= 0.6 is 0 Å². The number of aryl methyl sites for hydroxylation is 2. The molecular formula is C31H38N2+2. The minimum absolute atomic E-state index is 0. The van der Waals surface area contributed by atoms with E-state index >= 15 is 0 Å². The predicted molar refractivity (Wildman–Crippen MR) is 139 cm³/mol. The van der Waals surface area contributed by atoms with Gasteiger partial charge in [0, 0.05) is 48.5 Å². The molecule has 2 aromatic carbocycles. The Morgan fingerprint density at radius 2 is 0.818 bits per heavy atom. The van der Waals surface area contributed by atoms with Crippen molar-refractivity contribution in [1.29, 1.82) is 0 Å². The summed E-state index contributed by atoms with van der Waals surface area (Å²) < 4.78 is 4.35. The molecule has 2 heteroatoms.